The summed E-state index contributed by atoms with van der Waals surface area (Å²) in [7, 11) is -3.87. The summed E-state index contributed by atoms with van der Waals surface area (Å²) in [5.41, 5.74) is 2.96. The predicted molar refractivity (Wildman–Crippen MR) is 102 cm³/mol. The van der Waals surface area contributed by atoms with E-state index < -0.39 is 15.4 Å². The van der Waals surface area contributed by atoms with Gasteiger partial charge < -0.3 is 4.57 Å². The lowest BCUT2D eigenvalue weighted by atomic mass is 10.2. The predicted octanol–water partition coefficient (Wildman–Crippen LogP) is 3.65. The molecule has 0 amide bonds. The Balaban J connectivity index is 2.17. The van der Waals surface area contributed by atoms with Crippen molar-refractivity contribution >= 4 is 9.84 Å². The highest BCUT2D eigenvalue weighted by atomic mass is 32.2. The lowest BCUT2D eigenvalue weighted by Gasteiger charge is -2.15. The van der Waals surface area contributed by atoms with Crippen LogP contribution in [-0.4, -0.2) is 13.0 Å². The Morgan fingerprint density at radius 1 is 0.885 bits per heavy atom. The van der Waals surface area contributed by atoms with Gasteiger partial charge in [-0.3, -0.25) is 4.79 Å². The van der Waals surface area contributed by atoms with E-state index in [1.807, 2.05) is 51.1 Å². The van der Waals surface area contributed by atoms with Crippen LogP contribution in [0, 0.1) is 20.8 Å². The molecule has 0 atom stereocenters. The van der Waals surface area contributed by atoms with Crippen molar-refractivity contribution in [1.29, 1.82) is 0 Å². The molecule has 3 rings (SSSR count). The molecule has 26 heavy (non-hydrogen) atoms. The molecule has 2 aromatic carbocycles. The van der Waals surface area contributed by atoms with Gasteiger partial charge in [-0.2, -0.15) is 0 Å². The summed E-state index contributed by atoms with van der Waals surface area (Å²) in [6, 6.07) is 17.6. The van der Waals surface area contributed by atoms with E-state index in [0.717, 1.165) is 22.4 Å². The van der Waals surface area contributed by atoms with Crippen molar-refractivity contribution in [3.8, 4) is 0 Å². The van der Waals surface area contributed by atoms with Crippen LogP contribution in [0.5, 0.6) is 0 Å². The molecule has 0 spiro atoms. The molecular weight excluding hydrogens is 346 g/mol. The minimum absolute atomic E-state index is 0.134. The second-order valence-electron chi connectivity index (χ2n) is 6.47. The smallest absolute Gasteiger partial charge is 0.270 e. The highest BCUT2D eigenvalue weighted by molar-refractivity contribution is 7.91. The molecule has 3 aromatic rings. The molecule has 0 aliphatic carbocycles. The third kappa shape index (κ3) is 3.35. The fourth-order valence-electron chi connectivity index (χ4n) is 2.85. The number of nitrogens with zero attached hydrogens (tertiary/aromatic N) is 1. The van der Waals surface area contributed by atoms with Crippen LogP contribution in [-0.2, 0) is 16.4 Å². The molecule has 0 bridgehead atoms. The topological polar surface area (TPSA) is 56.1 Å². The standard InChI is InChI=1S/C21H21NO3S/c1-15-9-11-19(12-10-15)26(24,25)20-13-16(2)17(3)22(21(20)23)14-18-7-5-4-6-8-18/h4-13H,14H2,1-3H3. The monoisotopic (exact) mass is 367 g/mol. The van der Waals surface area contributed by atoms with Gasteiger partial charge in [-0.1, -0.05) is 48.0 Å². The van der Waals surface area contributed by atoms with E-state index >= 15 is 0 Å². The summed E-state index contributed by atoms with van der Waals surface area (Å²) in [5.74, 6) is 0. The molecule has 0 saturated heterocycles. The van der Waals surface area contributed by atoms with Crippen LogP contribution in [0.1, 0.15) is 22.4 Å². The van der Waals surface area contributed by atoms with Crippen molar-refractivity contribution in [2.75, 3.05) is 0 Å². The molecule has 1 aromatic heterocycles. The first-order chi connectivity index (χ1) is 12.3. The molecule has 0 radical (unpaired) electrons. The van der Waals surface area contributed by atoms with Crippen LogP contribution in [0.2, 0.25) is 0 Å². The first-order valence-corrected chi connectivity index (χ1v) is 9.86. The van der Waals surface area contributed by atoms with E-state index in [0.29, 0.717) is 6.54 Å². The summed E-state index contributed by atoms with van der Waals surface area (Å²) >= 11 is 0. The zero-order chi connectivity index (χ0) is 18.9. The summed E-state index contributed by atoms with van der Waals surface area (Å²) in [4.78, 5) is 13.0. The van der Waals surface area contributed by atoms with Crippen LogP contribution in [0.3, 0.4) is 0 Å². The van der Waals surface area contributed by atoms with Gasteiger partial charge >= 0.3 is 0 Å². The maximum absolute atomic E-state index is 13.0. The lowest BCUT2D eigenvalue weighted by molar-refractivity contribution is 0.590. The van der Waals surface area contributed by atoms with Gasteiger partial charge in [-0.25, -0.2) is 8.42 Å². The minimum Gasteiger partial charge on any atom is -0.307 e. The second kappa shape index (κ2) is 6.92. The quantitative estimate of drug-likeness (QED) is 0.707. The molecule has 5 heteroatoms. The zero-order valence-electron chi connectivity index (χ0n) is 15.1. The third-order valence-corrected chi connectivity index (χ3v) is 6.35. The fourth-order valence-corrected chi connectivity index (χ4v) is 4.27. The van der Waals surface area contributed by atoms with Gasteiger partial charge in [-0.05, 0) is 50.1 Å². The van der Waals surface area contributed by atoms with Crippen LogP contribution in [0.25, 0.3) is 0 Å². The Morgan fingerprint density at radius 3 is 2.12 bits per heavy atom. The van der Waals surface area contributed by atoms with Crippen molar-refractivity contribution in [3.05, 3.63) is 93.4 Å². The highest BCUT2D eigenvalue weighted by Gasteiger charge is 2.24. The maximum atomic E-state index is 13.0. The Labute approximate surface area is 153 Å². The van der Waals surface area contributed by atoms with Crippen LogP contribution in [0.15, 0.2) is 75.2 Å². The van der Waals surface area contributed by atoms with E-state index in [9.17, 15) is 13.2 Å². The fraction of sp³-hybridized carbons (Fsp3) is 0.190. The molecule has 0 aliphatic heterocycles. The Morgan fingerprint density at radius 2 is 1.50 bits per heavy atom. The number of benzene rings is 2. The first kappa shape index (κ1) is 18.1. The largest absolute Gasteiger partial charge is 0.307 e. The van der Waals surface area contributed by atoms with Gasteiger partial charge in [0.1, 0.15) is 4.90 Å². The number of rotatable bonds is 4. The Bertz CT molecular complexity index is 1100. The molecule has 4 nitrogen and oxygen atoms in total. The SMILES string of the molecule is Cc1ccc(S(=O)(=O)c2cc(C)c(C)n(Cc3ccccc3)c2=O)cc1. The average Bonchev–Trinajstić information content (AvgIpc) is 2.63. The number of sulfone groups is 1. The minimum atomic E-state index is -3.87. The van der Waals surface area contributed by atoms with E-state index in [-0.39, 0.29) is 9.79 Å². The number of hydrogen-bond donors (Lipinski definition) is 0. The molecule has 134 valence electrons. The van der Waals surface area contributed by atoms with Crippen molar-refractivity contribution in [1.82, 2.24) is 4.57 Å². The lowest BCUT2D eigenvalue weighted by Crippen LogP contribution is -2.29. The van der Waals surface area contributed by atoms with E-state index in [1.54, 1.807) is 24.3 Å². The van der Waals surface area contributed by atoms with Crippen LogP contribution < -0.4 is 5.56 Å². The van der Waals surface area contributed by atoms with Crippen LogP contribution >= 0.6 is 0 Å². The van der Waals surface area contributed by atoms with Gasteiger partial charge in [0.2, 0.25) is 9.84 Å². The molecule has 0 aliphatic rings. The zero-order valence-corrected chi connectivity index (χ0v) is 15.9. The molecular formula is C21H21NO3S. The van der Waals surface area contributed by atoms with Crippen molar-refractivity contribution in [3.63, 3.8) is 0 Å². The molecule has 0 unspecified atom stereocenters. The van der Waals surface area contributed by atoms with E-state index in [1.165, 1.54) is 10.6 Å². The molecule has 1 heterocycles. The van der Waals surface area contributed by atoms with E-state index in [2.05, 4.69) is 0 Å². The number of aryl methyl sites for hydroxylation is 2. The highest BCUT2D eigenvalue weighted by Crippen LogP contribution is 2.21. The van der Waals surface area contributed by atoms with E-state index in [4.69, 9.17) is 0 Å². The number of hydrogen-bond acceptors (Lipinski definition) is 3. The van der Waals surface area contributed by atoms with Crippen LogP contribution in [0.4, 0.5) is 0 Å². The molecule has 0 N–H and O–H groups in total. The maximum Gasteiger partial charge on any atom is 0.270 e. The summed E-state index contributed by atoms with van der Waals surface area (Å²) in [6.45, 7) is 5.88. The van der Waals surface area contributed by atoms with Gasteiger partial charge in [0.25, 0.3) is 5.56 Å². The normalized spacial score (nSPS) is 11.5. The summed E-state index contributed by atoms with van der Waals surface area (Å²) < 4.78 is 27.6. The third-order valence-electron chi connectivity index (χ3n) is 4.58. The average molecular weight is 367 g/mol. The van der Waals surface area contributed by atoms with Gasteiger partial charge in [-0.15, -0.1) is 0 Å². The van der Waals surface area contributed by atoms with Crippen molar-refractivity contribution in [2.24, 2.45) is 0 Å². The van der Waals surface area contributed by atoms with Crippen molar-refractivity contribution in [2.45, 2.75) is 37.1 Å². The molecule has 0 saturated carbocycles. The van der Waals surface area contributed by atoms with Gasteiger partial charge in [0.05, 0.1) is 11.4 Å². The summed E-state index contributed by atoms with van der Waals surface area (Å²) in [6.07, 6.45) is 0. The molecule has 0 fully saturated rings. The first-order valence-electron chi connectivity index (χ1n) is 8.37. The van der Waals surface area contributed by atoms with Gasteiger partial charge in [0.15, 0.2) is 0 Å². The Kier molecular flexibility index (Phi) is 4.83. The summed E-state index contributed by atoms with van der Waals surface area (Å²) in [5, 5.41) is 0. The number of aromatic nitrogens is 1. The van der Waals surface area contributed by atoms with Crippen molar-refractivity contribution < 1.29 is 8.42 Å². The van der Waals surface area contributed by atoms with Gasteiger partial charge in [0, 0.05) is 5.69 Å². The number of pyridine rings is 1. The Hall–Kier alpha value is -2.66. The second-order valence-corrected chi connectivity index (χ2v) is 8.39.